The number of aromatic nitrogens is 3. The van der Waals surface area contributed by atoms with E-state index in [0.29, 0.717) is 23.7 Å². The zero-order valence-electron chi connectivity index (χ0n) is 16.1. The van der Waals surface area contributed by atoms with Gasteiger partial charge < -0.3 is 19.5 Å². The standard InChI is InChI=1S/C21H22N4O4/c1-2-18-23-20(24-29-18)14-3-6-16-13(11-14)4-7-17(16)22-21(28)15-5-8-19(27)25(12-15)9-10-26/h3,5-6,8,11-12,17,26H,2,4,7,9-10H2,1H3,(H,22,28)/t17-/m1/s1. The predicted molar refractivity (Wildman–Crippen MR) is 105 cm³/mol. The molecule has 0 radical (unpaired) electrons. The van der Waals surface area contributed by atoms with Gasteiger partial charge in [0, 0.05) is 30.8 Å². The van der Waals surface area contributed by atoms with Gasteiger partial charge in [-0.3, -0.25) is 9.59 Å². The summed E-state index contributed by atoms with van der Waals surface area (Å²) in [5.74, 6) is 0.931. The third-order valence-corrected chi connectivity index (χ3v) is 5.14. The lowest BCUT2D eigenvalue weighted by atomic mass is 10.0. The maximum Gasteiger partial charge on any atom is 0.253 e. The second-order valence-corrected chi connectivity index (χ2v) is 7.02. The van der Waals surface area contributed by atoms with Gasteiger partial charge in [-0.05, 0) is 36.1 Å². The van der Waals surface area contributed by atoms with Crippen LogP contribution in [0.15, 0.2) is 45.8 Å². The fourth-order valence-electron chi connectivity index (χ4n) is 3.61. The molecule has 150 valence electrons. The second kappa shape index (κ2) is 8.00. The Bertz CT molecular complexity index is 1100. The molecule has 1 aliphatic rings. The number of fused-ring (bicyclic) bond motifs is 1. The summed E-state index contributed by atoms with van der Waals surface area (Å²) < 4.78 is 6.52. The van der Waals surface area contributed by atoms with Crippen LogP contribution in [0.5, 0.6) is 0 Å². The van der Waals surface area contributed by atoms with Crippen LogP contribution in [0, 0.1) is 0 Å². The lowest BCUT2D eigenvalue weighted by molar-refractivity contribution is 0.0935. The molecule has 2 heterocycles. The molecule has 3 aromatic rings. The Hall–Kier alpha value is -3.26. The average Bonchev–Trinajstić information content (AvgIpc) is 3.36. The highest BCUT2D eigenvalue weighted by molar-refractivity contribution is 5.94. The smallest absolute Gasteiger partial charge is 0.253 e. The number of pyridine rings is 1. The van der Waals surface area contributed by atoms with Gasteiger partial charge in [0.25, 0.3) is 11.5 Å². The van der Waals surface area contributed by atoms with Crippen molar-refractivity contribution in [3.63, 3.8) is 0 Å². The number of aryl methyl sites for hydroxylation is 2. The Balaban J connectivity index is 1.52. The molecule has 1 aliphatic carbocycles. The van der Waals surface area contributed by atoms with Gasteiger partial charge in [-0.2, -0.15) is 4.98 Å². The number of aliphatic hydroxyl groups excluding tert-OH is 1. The summed E-state index contributed by atoms with van der Waals surface area (Å²) in [4.78, 5) is 28.8. The van der Waals surface area contributed by atoms with Gasteiger partial charge in [0.2, 0.25) is 11.7 Å². The van der Waals surface area contributed by atoms with Gasteiger partial charge in [-0.15, -0.1) is 0 Å². The van der Waals surface area contributed by atoms with Crippen molar-refractivity contribution in [3.05, 3.63) is 69.5 Å². The van der Waals surface area contributed by atoms with Crippen LogP contribution in [0.3, 0.4) is 0 Å². The fraction of sp³-hybridized carbons (Fsp3) is 0.333. The van der Waals surface area contributed by atoms with Gasteiger partial charge in [0.05, 0.1) is 18.2 Å². The van der Waals surface area contributed by atoms with Crippen molar-refractivity contribution in [1.82, 2.24) is 20.0 Å². The highest BCUT2D eigenvalue weighted by Gasteiger charge is 2.25. The normalized spacial score (nSPS) is 15.3. The van der Waals surface area contributed by atoms with Crippen LogP contribution >= 0.6 is 0 Å². The summed E-state index contributed by atoms with van der Waals surface area (Å²) in [7, 11) is 0. The van der Waals surface area contributed by atoms with Gasteiger partial charge >= 0.3 is 0 Å². The summed E-state index contributed by atoms with van der Waals surface area (Å²) >= 11 is 0. The number of nitrogens with zero attached hydrogens (tertiary/aromatic N) is 3. The number of aliphatic hydroxyl groups is 1. The zero-order chi connectivity index (χ0) is 20.4. The van der Waals surface area contributed by atoms with Crippen LogP contribution in [0.2, 0.25) is 0 Å². The molecule has 0 aliphatic heterocycles. The van der Waals surface area contributed by atoms with Crippen LogP contribution in [-0.4, -0.2) is 32.3 Å². The average molecular weight is 394 g/mol. The summed E-state index contributed by atoms with van der Waals surface area (Å²) in [6.07, 6.45) is 3.82. The third kappa shape index (κ3) is 3.84. The third-order valence-electron chi connectivity index (χ3n) is 5.14. The van der Waals surface area contributed by atoms with E-state index in [0.717, 1.165) is 29.5 Å². The van der Waals surface area contributed by atoms with Gasteiger partial charge in [-0.1, -0.05) is 24.2 Å². The van der Waals surface area contributed by atoms with Crippen molar-refractivity contribution in [1.29, 1.82) is 0 Å². The maximum absolute atomic E-state index is 12.7. The molecule has 0 bridgehead atoms. The monoisotopic (exact) mass is 394 g/mol. The number of amides is 1. The highest BCUT2D eigenvalue weighted by Crippen LogP contribution is 2.33. The number of benzene rings is 1. The molecule has 0 unspecified atom stereocenters. The van der Waals surface area contributed by atoms with Gasteiger partial charge in [0.1, 0.15) is 0 Å². The number of hydrogen-bond donors (Lipinski definition) is 2. The van der Waals surface area contributed by atoms with E-state index in [1.807, 2.05) is 25.1 Å². The first-order valence-corrected chi connectivity index (χ1v) is 9.67. The molecule has 1 amide bonds. The number of hydrogen-bond acceptors (Lipinski definition) is 6. The van der Waals surface area contributed by atoms with Gasteiger partial charge in [0.15, 0.2) is 0 Å². The molecule has 0 fully saturated rings. The summed E-state index contributed by atoms with van der Waals surface area (Å²) in [5, 5.41) is 16.1. The van der Waals surface area contributed by atoms with Crippen molar-refractivity contribution in [2.45, 2.75) is 38.8 Å². The molecular weight excluding hydrogens is 372 g/mol. The summed E-state index contributed by atoms with van der Waals surface area (Å²) in [5.41, 5.74) is 3.27. The first-order chi connectivity index (χ1) is 14.1. The number of nitrogens with one attached hydrogen (secondary N) is 1. The molecule has 1 aromatic carbocycles. The minimum atomic E-state index is -0.248. The highest BCUT2D eigenvalue weighted by atomic mass is 16.5. The molecule has 4 rings (SSSR count). The van der Waals surface area contributed by atoms with Crippen molar-refractivity contribution < 1.29 is 14.4 Å². The molecule has 2 N–H and O–H groups in total. The number of rotatable bonds is 6. The predicted octanol–water partition coefficient (Wildman–Crippen LogP) is 1.87. The number of carbonyl (C=O) groups is 1. The van der Waals surface area contributed by atoms with Crippen LogP contribution in [0.25, 0.3) is 11.4 Å². The SMILES string of the molecule is CCc1nc(-c2ccc3c(c2)CC[C@H]3NC(=O)c2ccc(=O)n(CCO)c2)no1. The van der Waals surface area contributed by atoms with E-state index in [2.05, 4.69) is 15.5 Å². The van der Waals surface area contributed by atoms with Crippen molar-refractivity contribution in [2.24, 2.45) is 0 Å². The maximum atomic E-state index is 12.7. The van der Waals surface area contributed by atoms with Crippen LogP contribution in [-0.2, 0) is 19.4 Å². The fourth-order valence-corrected chi connectivity index (χ4v) is 3.61. The quantitative estimate of drug-likeness (QED) is 0.660. The first kappa shape index (κ1) is 19.1. The molecule has 0 saturated heterocycles. The molecular formula is C21H22N4O4. The molecule has 1 atom stereocenters. The second-order valence-electron chi connectivity index (χ2n) is 7.02. The molecule has 8 nitrogen and oxygen atoms in total. The Morgan fingerprint density at radius 1 is 1.34 bits per heavy atom. The van der Waals surface area contributed by atoms with Crippen LogP contribution in [0.1, 0.15) is 46.8 Å². The van der Waals surface area contributed by atoms with E-state index in [4.69, 9.17) is 9.63 Å². The van der Waals surface area contributed by atoms with Crippen LogP contribution < -0.4 is 10.9 Å². The molecule has 0 spiro atoms. The lowest BCUT2D eigenvalue weighted by Gasteiger charge is -2.15. The van der Waals surface area contributed by atoms with Crippen molar-refractivity contribution in [3.8, 4) is 11.4 Å². The minimum Gasteiger partial charge on any atom is -0.395 e. The number of carbonyl (C=O) groups excluding carboxylic acids is 1. The topological polar surface area (TPSA) is 110 Å². The Labute approximate surface area is 167 Å². The largest absolute Gasteiger partial charge is 0.395 e. The molecule has 8 heteroatoms. The lowest BCUT2D eigenvalue weighted by Crippen LogP contribution is -2.29. The van der Waals surface area contributed by atoms with E-state index in [1.54, 1.807) is 0 Å². The van der Waals surface area contributed by atoms with Crippen LogP contribution in [0.4, 0.5) is 0 Å². The molecule has 29 heavy (non-hydrogen) atoms. The summed E-state index contributed by atoms with van der Waals surface area (Å²) in [6.45, 7) is 1.96. The van der Waals surface area contributed by atoms with Gasteiger partial charge in [-0.25, -0.2) is 0 Å². The first-order valence-electron chi connectivity index (χ1n) is 9.67. The van der Waals surface area contributed by atoms with E-state index >= 15 is 0 Å². The van der Waals surface area contributed by atoms with Crippen molar-refractivity contribution >= 4 is 5.91 Å². The van der Waals surface area contributed by atoms with Crippen molar-refractivity contribution in [2.75, 3.05) is 6.61 Å². The van der Waals surface area contributed by atoms with E-state index in [1.165, 1.54) is 22.9 Å². The zero-order valence-corrected chi connectivity index (χ0v) is 16.1. The Morgan fingerprint density at radius 3 is 2.97 bits per heavy atom. The van der Waals surface area contributed by atoms with E-state index < -0.39 is 0 Å². The molecule has 0 saturated carbocycles. The Morgan fingerprint density at radius 2 is 2.21 bits per heavy atom. The van der Waals surface area contributed by atoms with E-state index in [-0.39, 0.29) is 30.7 Å². The molecule has 2 aromatic heterocycles. The Kier molecular flexibility index (Phi) is 5.26. The summed E-state index contributed by atoms with van der Waals surface area (Å²) in [6, 6.07) is 8.74. The minimum absolute atomic E-state index is 0.0961. The van der Waals surface area contributed by atoms with E-state index in [9.17, 15) is 9.59 Å².